The fraction of sp³-hybridized carbons (Fsp3) is 0. The van der Waals surface area contributed by atoms with Gasteiger partial charge in [0, 0.05) is 16.3 Å². The zero-order valence-corrected chi connectivity index (χ0v) is 18.5. The minimum absolute atomic E-state index is 0.0557. The normalized spacial score (nSPS) is 13.5. The first kappa shape index (κ1) is 21.9. The van der Waals surface area contributed by atoms with Crippen LogP contribution in [0.15, 0.2) is 83.5 Å². The quantitative estimate of drug-likeness (QED) is 0.455. The van der Waals surface area contributed by atoms with E-state index >= 15 is 0 Å². The van der Waals surface area contributed by atoms with E-state index in [1.807, 2.05) is 0 Å². The smallest absolute Gasteiger partial charge is 0.283 e. The number of nitrogens with one attached hydrogen (secondary N) is 2. The number of hydrogen-bond donors (Lipinski definition) is 2. The highest BCUT2D eigenvalue weighted by molar-refractivity contribution is 6.53. The number of para-hydroxylation sites is 1. The van der Waals surface area contributed by atoms with Crippen LogP contribution in [-0.4, -0.2) is 17.7 Å². The van der Waals surface area contributed by atoms with Gasteiger partial charge < -0.3 is 10.6 Å². The molecule has 1 aliphatic heterocycles. The Morgan fingerprint density at radius 3 is 2.09 bits per heavy atom. The zero-order valence-electron chi connectivity index (χ0n) is 16.2. The van der Waals surface area contributed by atoms with Crippen molar-refractivity contribution in [3.05, 3.63) is 99.1 Å². The standard InChI is InChI=1S/C23H14Cl3N3O3/c24-14-7-11-16(12-8-14)29-22(31)19(26)20(23(29)32)27-15-9-5-13(6-10-15)21(30)28-18-4-2-1-3-17(18)25/h1-12,27H,(H,28,30). The van der Waals surface area contributed by atoms with Gasteiger partial charge in [-0.05, 0) is 60.7 Å². The average Bonchev–Trinajstić information content (AvgIpc) is 3.00. The number of imide groups is 1. The second-order valence-electron chi connectivity index (χ2n) is 6.75. The van der Waals surface area contributed by atoms with Crippen LogP contribution in [0.5, 0.6) is 0 Å². The van der Waals surface area contributed by atoms with Gasteiger partial charge in [-0.3, -0.25) is 14.4 Å². The van der Waals surface area contributed by atoms with E-state index < -0.39 is 11.8 Å². The topological polar surface area (TPSA) is 78.5 Å². The van der Waals surface area contributed by atoms with Crippen molar-refractivity contribution in [2.45, 2.75) is 0 Å². The van der Waals surface area contributed by atoms with E-state index in [-0.39, 0.29) is 16.6 Å². The van der Waals surface area contributed by atoms with E-state index in [9.17, 15) is 14.4 Å². The van der Waals surface area contributed by atoms with Crippen molar-refractivity contribution in [3.8, 4) is 0 Å². The fourth-order valence-corrected chi connectivity index (χ4v) is 3.56. The molecule has 4 rings (SSSR count). The van der Waals surface area contributed by atoms with Gasteiger partial charge in [-0.2, -0.15) is 0 Å². The van der Waals surface area contributed by atoms with Gasteiger partial charge in [0.15, 0.2) is 0 Å². The van der Waals surface area contributed by atoms with E-state index in [2.05, 4.69) is 10.6 Å². The number of carbonyl (C=O) groups excluding carboxylic acids is 3. The zero-order chi connectivity index (χ0) is 22.8. The highest BCUT2D eigenvalue weighted by atomic mass is 35.5. The molecule has 1 aliphatic rings. The number of carbonyl (C=O) groups is 3. The molecule has 0 saturated heterocycles. The molecule has 0 atom stereocenters. The Kier molecular flexibility index (Phi) is 6.19. The lowest BCUT2D eigenvalue weighted by Gasteiger charge is -2.15. The van der Waals surface area contributed by atoms with Crippen LogP contribution >= 0.6 is 34.8 Å². The Labute approximate surface area is 198 Å². The average molecular weight is 487 g/mol. The van der Waals surface area contributed by atoms with E-state index in [0.717, 1.165) is 4.90 Å². The van der Waals surface area contributed by atoms with Crippen molar-refractivity contribution in [2.24, 2.45) is 0 Å². The summed E-state index contributed by atoms with van der Waals surface area (Å²) >= 11 is 18.1. The molecule has 1 heterocycles. The van der Waals surface area contributed by atoms with Crippen LogP contribution in [0.4, 0.5) is 17.1 Å². The maximum Gasteiger partial charge on any atom is 0.283 e. The summed E-state index contributed by atoms with van der Waals surface area (Å²) in [5.74, 6) is -1.58. The van der Waals surface area contributed by atoms with Crippen LogP contribution in [0, 0.1) is 0 Å². The van der Waals surface area contributed by atoms with Gasteiger partial charge in [-0.1, -0.05) is 46.9 Å². The Morgan fingerprint density at radius 1 is 0.781 bits per heavy atom. The number of amides is 3. The van der Waals surface area contributed by atoms with Gasteiger partial charge in [0.2, 0.25) is 0 Å². The van der Waals surface area contributed by atoms with E-state index in [1.54, 1.807) is 72.8 Å². The number of anilines is 3. The summed E-state index contributed by atoms with van der Waals surface area (Å²) in [4.78, 5) is 38.8. The van der Waals surface area contributed by atoms with E-state index in [4.69, 9.17) is 34.8 Å². The minimum atomic E-state index is -0.641. The summed E-state index contributed by atoms with van der Waals surface area (Å²) in [5.41, 5.74) is 1.65. The van der Waals surface area contributed by atoms with Crippen molar-refractivity contribution in [1.82, 2.24) is 0 Å². The second kappa shape index (κ2) is 9.04. The number of hydrogen-bond acceptors (Lipinski definition) is 4. The summed E-state index contributed by atoms with van der Waals surface area (Å²) in [6.07, 6.45) is 0. The molecule has 3 aromatic rings. The van der Waals surface area contributed by atoms with Crippen LogP contribution in [0.25, 0.3) is 0 Å². The number of benzene rings is 3. The molecule has 0 fully saturated rings. The summed E-state index contributed by atoms with van der Waals surface area (Å²) < 4.78 is 0. The van der Waals surface area contributed by atoms with Gasteiger partial charge in [0.05, 0.1) is 16.4 Å². The van der Waals surface area contributed by atoms with Gasteiger partial charge in [-0.25, -0.2) is 4.90 Å². The maximum absolute atomic E-state index is 12.8. The highest BCUT2D eigenvalue weighted by Gasteiger charge is 2.38. The van der Waals surface area contributed by atoms with Crippen molar-refractivity contribution in [2.75, 3.05) is 15.5 Å². The van der Waals surface area contributed by atoms with Crippen LogP contribution in [-0.2, 0) is 9.59 Å². The molecule has 0 bridgehead atoms. The van der Waals surface area contributed by atoms with Crippen molar-refractivity contribution < 1.29 is 14.4 Å². The molecule has 2 N–H and O–H groups in total. The lowest BCUT2D eigenvalue weighted by molar-refractivity contribution is -0.120. The van der Waals surface area contributed by atoms with Gasteiger partial charge in [-0.15, -0.1) is 0 Å². The van der Waals surface area contributed by atoms with Crippen LogP contribution < -0.4 is 15.5 Å². The van der Waals surface area contributed by atoms with E-state index in [0.29, 0.717) is 32.7 Å². The van der Waals surface area contributed by atoms with Gasteiger partial charge >= 0.3 is 0 Å². The van der Waals surface area contributed by atoms with Crippen molar-refractivity contribution in [3.63, 3.8) is 0 Å². The molecule has 32 heavy (non-hydrogen) atoms. The van der Waals surface area contributed by atoms with Crippen molar-refractivity contribution in [1.29, 1.82) is 0 Å². The third-order valence-corrected chi connectivity index (χ3v) is 5.58. The molecule has 0 radical (unpaired) electrons. The third-order valence-electron chi connectivity index (χ3n) is 4.65. The van der Waals surface area contributed by atoms with Crippen LogP contribution in [0.2, 0.25) is 10.0 Å². The largest absolute Gasteiger partial charge is 0.350 e. The first-order chi connectivity index (χ1) is 15.3. The molecule has 0 saturated carbocycles. The molecule has 0 unspecified atom stereocenters. The molecule has 0 aromatic heterocycles. The third kappa shape index (κ3) is 4.34. The lowest BCUT2D eigenvalue weighted by Crippen LogP contribution is -2.32. The predicted octanol–water partition coefficient (Wildman–Crippen LogP) is 5.68. The summed E-state index contributed by atoms with van der Waals surface area (Å²) in [7, 11) is 0. The number of rotatable bonds is 5. The molecule has 6 nitrogen and oxygen atoms in total. The molecular weight excluding hydrogens is 473 g/mol. The Bertz CT molecular complexity index is 1260. The lowest BCUT2D eigenvalue weighted by atomic mass is 10.2. The van der Waals surface area contributed by atoms with Crippen molar-refractivity contribution >= 4 is 69.6 Å². The first-order valence-electron chi connectivity index (χ1n) is 9.32. The Hall–Kier alpha value is -3.32. The van der Waals surface area contributed by atoms with Crippen LogP contribution in [0.3, 0.4) is 0 Å². The maximum atomic E-state index is 12.8. The SMILES string of the molecule is O=C(Nc1ccccc1Cl)c1ccc(NC2=C(Cl)C(=O)N(c3ccc(Cl)cc3)C2=O)cc1. The molecule has 3 amide bonds. The first-order valence-corrected chi connectivity index (χ1v) is 10.5. The van der Waals surface area contributed by atoms with Gasteiger partial charge in [0.1, 0.15) is 10.7 Å². The Balaban J connectivity index is 1.49. The monoisotopic (exact) mass is 485 g/mol. The van der Waals surface area contributed by atoms with Crippen LogP contribution in [0.1, 0.15) is 10.4 Å². The summed E-state index contributed by atoms with van der Waals surface area (Å²) in [6, 6.07) is 19.5. The highest BCUT2D eigenvalue weighted by Crippen LogP contribution is 2.31. The number of halogens is 3. The molecule has 0 aliphatic carbocycles. The molecular formula is C23H14Cl3N3O3. The summed E-state index contributed by atoms with van der Waals surface area (Å²) in [6.45, 7) is 0. The molecule has 3 aromatic carbocycles. The summed E-state index contributed by atoms with van der Waals surface area (Å²) in [5, 5.41) is 6.27. The molecule has 160 valence electrons. The second-order valence-corrected chi connectivity index (χ2v) is 7.97. The van der Waals surface area contributed by atoms with Gasteiger partial charge in [0.25, 0.3) is 17.7 Å². The number of nitrogens with zero attached hydrogens (tertiary/aromatic N) is 1. The van der Waals surface area contributed by atoms with E-state index in [1.165, 1.54) is 0 Å². The fourth-order valence-electron chi connectivity index (χ4n) is 3.04. The molecule has 9 heteroatoms. The predicted molar refractivity (Wildman–Crippen MR) is 126 cm³/mol. The molecule has 0 spiro atoms. The minimum Gasteiger partial charge on any atom is -0.350 e. The Morgan fingerprint density at radius 2 is 1.44 bits per heavy atom.